The number of unbranched alkanes of at least 4 members (excludes halogenated alkanes) is 1. The third-order valence-electron chi connectivity index (χ3n) is 5.96. The van der Waals surface area contributed by atoms with Crippen LogP contribution in [0.25, 0.3) is 0 Å². The van der Waals surface area contributed by atoms with Gasteiger partial charge in [0.2, 0.25) is 0 Å². The molecule has 5 unspecified atom stereocenters. The number of nitrogens with zero attached hydrogens (tertiary/aromatic N) is 1. The third-order valence-corrected chi connectivity index (χ3v) is 5.96. The molecule has 1 aliphatic carbocycles. The van der Waals surface area contributed by atoms with Crippen LogP contribution in [0.3, 0.4) is 0 Å². The van der Waals surface area contributed by atoms with E-state index in [2.05, 4.69) is 36.4 Å². The summed E-state index contributed by atoms with van der Waals surface area (Å²) >= 11 is 0. The molecule has 2 aliphatic heterocycles. The molecule has 1 saturated carbocycles. The quantitative estimate of drug-likeness (QED) is 0.448. The summed E-state index contributed by atoms with van der Waals surface area (Å²) in [5, 5.41) is 7.18. The van der Waals surface area contributed by atoms with Crippen LogP contribution in [0, 0.1) is 5.41 Å². The Kier molecular flexibility index (Phi) is 5.16. The highest BCUT2D eigenvalue weighted by Crippen LogP contribution is 2.43. The van der Waals surface area contributed by atoms with Gasteiger partial charge in [0.1, 0.15) is 0 Å². The smallest absolute Gasteiger partial charge is 0.191 e. The largest absolute Gasteiger partial charge is 0.378 e. The van der Waals surface area contributed by atoms with Crippen LogP contribution in [0.1, 0.15) is 59.3 Å². The lowest BCUT2D eigenvalue weighted by Crippen LogP contribution is -2.64. The van der Waals surface area contributed by atoms with Crippen molar-refractivity contribution in [2.24, 2.45) is 10.4 Å². The van der Waals surface area contributed by atoms with Gasteiger partial charge < -0.3 is 20.1 Å². The van der Waals surface area contributed by atoms with Crippen LogP contribution in [0.4, 0.5) is 0 Å². The van der Waals surface area contributed by atoms with Crippen LogP contribution >= 0.6 is 0 Å². The van der Waals surface area contributed by atoms with Gasteiger partial charge in [-0.3, -0.25) is 4.99 Å². The van der Waals surface area contributed by atoms with E-state index in [1.54, 1.807) is 0 Å². The molecule has 3 aliphatic rings. The maximum Gasteiger partial charge on any atom is 0.191 e. The number of guanidine groups is 1. The fourth-order valence-electron chi connectivity index (χ4n) is 4.08. The highest BCUT2D eigenvalue weighted by Gasteiger charge is 2.49. The van der Waals surface area contributed by atoms with E-state index < -0.39 is 0 Å². The summed E-state index contributed by atoms with van der Waals surface area (Å²) in [5.74, 6) is 0.913. The standard InChI is InChI=1S/C18H33N3O2/c1-5-6-9-22-16-11-15(18(16,2)3)21-17(19-4)20-13-10-12-7-8-14(13)23-12/h12-16H,5-11H2,1-4H3,(H2,19,20,21). The number of fused-ring (bicyclic) bond motifs is 2. The van der Waals surface area contributed by atoms with Gasteiger partial charge in [-0.25, -0.2) is 0 Å². The summed E-state index contributed by atoms with van der Waals surface area (Å²) in [4.78, 5) is 4.42. The summed E-state index contributed by atoms with van der Waals surface area (Å²) in [7, 11) is 1.85. The lowest BCUT2D eigenvalue weighted by Gasteiger charge is -2.52. The van der Waals surface area contributed by atoms with Crippen molar-refractivity contribution in [3.05, 3.63) is 0 Å². The second kappa shape index (κ2) is 6.98. The first-order valence-electron chi connectivity index (χ1n) is 9.31. The van der Waals surface area contributed by atoms with Gasteiger partial charge in [-0.2, -0.15) is 0 Å². The Hall–Kier alpha value is -0.810. The van der Waals surface area contributed by atoms with Crippen LogP contribution < -0.4 is 10.6 Å². The Labute approximate surface area is 140 Å². The van der Waals surface area contributed by atoms with Crippen molar-refractivity contribution in [3.8, 4) is 0 Å². The number of hydrogen-bond acceptors (Lipinski definition) is 3. The molecular formula is C18H33N3O2. The van der Waals surface area contributed by atoms with Gasteiger partial charge in [-0.15, -0.1) is 0 Å². The number of hydrogen-bond donors (Lipinski definition) is 2. The second-order valence-corrected chi connectivity index (χ2v) is 7.90. The number of rotatable bonds is 6. The maximum absolute atomic E-state index is 6.03. The number of aliphatic imine (C=N–C) groups is 1. The zero-order chi connectivity index (χ0) is 16.4. The average molecular weight is 323 g/mol. The van der Waals surface area contributed by atoms with E-state index in [4.69, 9.17) is 9.47 Å². The predicted octanol–water partition coefficient (Wildman–Crippen LogP) is 2.46. The van der Waals surface area contributed by atoms with E-state index in [0.717, 1.165) is 31.8 Å². The Morgan fingerprint density at radius 2 is 2.09 bits per heavy atom. The van der Waals surface area contributed by atoms with Gasteiger partial charge in [0.05, 0.1) is 24.4 Å². The van der Waals surface area contributed by atoms with Crippen LogP contribution in [0.5, 0.6) is 0 Å². The molecule has 0 spiro atoms. The Balaban J connectivity index is 1.46. The monoisotopic (exact) mass is 323 g/mol. The van der Waals surface area contributed by atoms with Crippen molar-refractivity contribution >= 4 is 5.96 Å². The minimum absolute atomic E-state index is 0.149. The molecule has 2 bridgehead atoms. The van der Waals surface area contributed by atoms with Gasteiger partial charge in [0.25, 0.3) is 0 Å². The molecule has 0 amide bonds. The topological polar surface area (TPSA) is 54.9 Å². The molecule has 0 radical (unpaired) electrons. The van der Waals surface area contributed by atoms with E-state index >= 15 is 0 Å². The lowest BCUT2D eigenvalue weighted by atomic mass is 9.64. The summed E-state index contributed by atoms with van der Waals surface area (Å²) in [6.45, 7) is 7.67. The summed E-state index contributed by atoms with van der Waals surface area (Å²) in [6, 6.07) is 0.833. The molecule has 2 N–H and O–H groups in total. The highest BCUT2D eigenvalue weighted by molar-refractivity contribution is 5.80. The van der Waals surface area contributed by atoms with Crippen molar-refractivity contribution < 1.29 is 9.47 Å². The first-order chi connectivity index (χ1) is 11.0. The van der Waals surface area contributed by atoms with Crippen molar-refractivity contribution in [1.82, 2.24) is 10.6 Å². The third kappa shape index (κ3) is 3.50. The van der Waals surface area contributed by atoms with Crippen LogP contribution in [-0.4, -0.2) is 50.0 Å². The van der Waals surface area contributed by atoms with E-state index in [9.17, 15) is 0 Å². The van der Waals surface area contributed by atoms with E-state index in [1.165, 1.54) is 19.3 Å². The van der Waals surface area contributed by atoms with Gasteiger partial charge in [-0.05, 0) is 32.1 Å². The fraction of sp³-hybridized carbons (Fsp3) is 0.944. The highest BCUT2D eigenvalue weighted by atomic mass is 16.5. The predicted molar refractivity (Wildman–Crippen MR) is 92.8 cm³/mol. The maximum atomic E-state index is 6.03. The van der Waals surface area contributed by atoms with Gasteiger partial charge in [-0.1, -0.05) is 27.2 Å². The fourth-order valence-corrected chi connectivity index (χ4v) is 4.08. The Bertz CT molecular complexity index is 438. The van der Waals surface area contributed by atoms with Gasteiger partial charge >= 0.3 is 0 Å². The normalized spacial score (nSPS) is 38.4. The summed E-state index contributed by atoms with van der Waals surface area (Å²) in [5.41, 5.74) is 0.149. The van der Waals surface area contributed by atoms with Crippen molar-refractivity contribution in [2.75, 3.05) is 13.7 Å². The first-order valence-corrected chi connectivity index (χ1v) is 9.31. The number of ether oxygens (including phenoxy) is 2. The molecule has 5 nitrogen and oxygen atoms in total. The molecule has 2 heterocycles. The second-order valence-electron chi connectivity index (χ2n) is 7.90. The number of nitrogens with one attached hydrogen (secondary N) is 2. The molecular weight excluding hydrogens is 290 g/mol. The van der Waals surface area contributed by atoms with Gasteiger partial charge in [0, 0.05) is 25.1 Å². The molecule has 5 heteroatoms. The molecule has 23 heavy (non-hydrogen) atoms. The van der Waals surface area contributed by atoms with Crippen molar-refractivity contribution in [3.63, 3.8) is 0 Å². The zero-order valence-corrected chi connectivity index (χ0v) is 15.1. The SMILES string of the molecule is CCCCOC1CC(NC(=NC)NC2CC3CCC2O3)C1(C)C. The van der Waals surface area contributed by atoms with Crippen molar-refractivity contribution in [1.29, 1.82) is 0 Å². The molecule has 3 rings (SSSR count). The van der Waals surface area contributed by atoms with Crippen LogP contribution in [0.2, 0.25) is 0 Å². The Morgan fingerprint density at radius 1 is 1.26 bits per heavy atom. The lowest BCUT2D eigenvalue weighted by molar-refractivity contribution is -0.113. The molecule has 132 valence electrons. The summed E-state index contributed by atoms with van der Waals surface area (Å²) < 4.78 is 12.0. The van der Waals surface area contributed by atoms with E-state index in [0.29, 0.717) is 30.4 Å². The zero-order valence-electron chi connectivity index (χ0n) is 15.1. The van der Waals surface area contributed by atoms with Gasteiger partial charge in [0.15, 0.2) is 5.96 Å². The van der Waals surface area contributed by atoms with Crippen LogP contribution in [-0.2, 0) is 9.47 Å². The molecule has 5 atom stereocenters. The molecule has 0 aromatic rings. The summed E-state index contributed by atoms with van der Waals surface area (Å²) in [6.07, 6.45) is 8.12. The Morgan fingerprint density at radius 3 is 2.65 bits per heavy atom. The molecule has 0 aromatic heterocycles. The molecule has 3 fully saturated rings. The van der Waals surface area contributed by atoms with Crippen LogP contribution in [0.15, 0.2) is 4.99 Å². The molecule has 0 aromatic carbocycles. The average Bonchev–Trinajstić information content (AvgIpc) is 3.14. The van der Waals surface area contributed by atoms with E-state index in [-0.39, 0.29) is 5.41 Å². The first kappa shape index (κ1) is 17.0. The van der Waals surface area contributed by atoms with E-state index in [1.807, 2.05) is 7.05 Å². The molecule has 2 saturated heterocycles. The minimum Gasteiger partial charge on any atom is -0.378 e. The van der Waals surface area contributed by atoms with Crippen molar-refractivity contribution in [2.45, 2.75) is 89.7 Å². The minimum atomic E-state index is 0.149.